The van der Waals surface area contributed by atoms with Crippen molar-refractivity contribution in [2.24, 2.45) is 7.05 Å². The van der Waals surface area contributed by atoms with Crippen molar-refractivity contribution in [3.05, 3.63) is 41.6 Å². The number of anilines is 1. The van der Waals surface area contributed by atoms with Gasteiger partial charge in [0, 0.05) is 23.7 Å². The van der Waals surface area contributed by atoms with Gasteiger partial charge in [0.15, 0.2) is 11.0 Å². The molecule has 0 unspecified atom stereocenters. The summed E-state index contributed by atoms with van der Waals surface area (Å²) in [5, 5.41) is 16.7. The average Bonchev–Trinajstić information content (AvgIpc) is 3.29. The van der Waals surface area contributed by atoms with Crippen molar-refractivity contribution in [3.63, 3.8) is 0 Å². The van der Waals surface area contributed by atoms with Crippen molar-refractivity contribution in [2.75, 3.05) is 5.32 Å². The van der Waals surface area contributed by atoms with Crippen molar-refractivity contribution in [1.82, 2.24) is 24.5 Å². The first-order valence-corrected chi connectivity index (χ1v) is 10.3. The summed E-state index contributed by atoms with van der Waals surface area (Å²) in [6.07, 6.45) is 2.63. The maximum absolute atomic E-state index is 12.7. The molecule has 1 N–H and O–H groups in total. The summed E-state index contributed by atoms with van der Waals surface area (Å²) in [7, 11) is 1.88. The average molecular weight is 419 g/mol. The van der Waals surface area contributed by atoms with Gasteiger partial charge >= 0.3 is 0 Å². The lowest BCUT2D eigenvalue weighted by atomic mass is 10.2. The second-order valence-electron chi connectivity index (χ2n) is 6.54. The van der Waals surface area contributed by atoms with Crippen molar-refractivity contribution >= 4 is 35.1 Å². The molecule has 0 radical (unpaired) electrons. The number of carbonyl (C=O) groups excluding carboxylic acids is 1. The first-order valence-electron chi connectivity index (χ1n) is 9.07. The Balaban J connectivity index is 1.70. The van der Waals surface area contributed by atoms with Crippen LogP contribution in [0.1, 0.15) is 33.2 Å². The summed E-state index contributed by atoms with van der Waals surface area (Å²) in [4.78, 5) is 12.7. The van der Waals surface area contributed by atoms with E-state index in [4.69, 9.17) is 11.6 Å². The van der Waals surface area contributed by atoms with Gasteiger partial charge in [-0.25, -0.2) is 4.68 Å². The van der Waals surface area contributed by atoms with Gasteiger partial charge < -0.3 is 9.88 Å². The lowest BCUT2D eigenvalue weighted by molar-refractivity contribution is -0.115. The molecule has 0 aliphatic heterocycles. The summed E-state index contributed by atoms with van der Waals surface area (Å²) in [6.45, 7) is 6.00. The van der Waals surface area contributed by atoms with Gasteiger partial charge in [0.05, 0.1) is 17.5 Å². The highest BCUT2D eigenvalue weighted by atomic mass is 35.5. The van der Waals surface area contributed by atoms with Gasteiger partial charge in [-0.2, -0.15) is 5.10 Å². The van der Waals surface area contributed by atoms with Crippen LogP contribution in [-0.2, 0) is 11.8 Å². The Kier molecular flexibility index (Phi) is 6.41. The van der Waals surface area contributed by atoms with Gasteiger partial charge in [-0.05, 0) is 44.5 Å². The Morgan fingerprint density at radius 3 is 2.61 bits per heavy atom. The normalized spacial score (nSPS) is 13.3. The summed E-state index contributed by atoms with van der Waals surface area (Å²) in [6, 6.07) is 9.44. The number of halogens is 1. The predicted octanol–water partition coefficient (Wildman–Crippen LogP) is 4.42. The monoisotopic (exact) mass is 418 g/mol. The van der Waals surface area contributed by atoms with Crippen molar-refractivity contribution in [3.8, 4) is 11.4 Å². The third-order valence-corrected chi connectivity index (χ3v) is 5.90. The third kappa shape index (κ3) is 4.39. The van der Waals surface area contributed by atoms with E-state index in [0.717, 1.165) is 17.8 Å². The first-order chi connectivity index (χ1) is 13.4. The second-order valence-corrected chi connectivity index (χ2v) is 8.28. The van der Waals surface area contributed by atoms with Crippen LogP contribution in [0.2, 0.25) is 5.02 Å². The molecule has 2 heterocycles. The van der Waals surface area contributed by atoms with Crippen LogP contribution in [0.15, 0.2) is 41.7 Å². The van der Waals surface area contributed by atoms with Crippen LogP contribution in [0, 0.1) is 0 Å². The molecule has 28 heavy (non-hydrogen) atoms. The predicted molar refractivity (Wildman–Crippen MR) is 113 cm³/mol. The number of nitrogens with zero attached hydrogens (tertiary/aromatic N) is 5. The fourth-order valence-corrected chi connectivity index (χ4v) is 3.59. The van der Waals surface area contributed by atoms with E-state index in [2.05, 4.69) is 34.5 Å². The van der Waals surface area contributed by atoms with Gasteiger partial charge in [-0.1, -0.05) is 30.3 Å². The molecule has 7 nitrogen and oxygen atoms in total. The molecule has 0 aliphatic rings. The molecule has 148 valence electrons. The molecule has 0 bridgehead atoms. The third-order valence-electron chi connectivity index (χ3n) is 4.52. The minimum Gasteiger partial charge on any atom is -0.310 e. The van der Waals surface area contributed by atoms with E-state index in [-0.39, 0.29) is 17.2 Å². The molecule has 0 spiro atoms. The number of rotatable bonds is 7. The largest absolute Gasteiger partial charge is 0.310 e. The number of thioether (sulfide) groups is 1. The van der Waals surface area contributed by atoms with Gasteiger partial charge in [0.2, 0.25) is 5.91 Å². The van der Waals surface area contributed by atoms with E-state index in [1.54, 1.807) is 6.20 Å². The van der Waals surface area contributed by atoms with Gasteiger partial charge in [0.1, 0.15) is 5.82 Å². The molecule has 1 amide bonds. The lowest BCUT2D eigenvalue weighted by Gasteiger charge is -2.16. The Hall–Kier alpha value is -2.32. The summed E-state index contributed by atoms with van der Waals surface area (Å²) in [5.41, 5.74) is 0.917. The molecule has 0 saturated carbocycles. The molecular weight excluding hydrogens is 396 g/mol. The Morgan fingerprint density at radius 1 is 1.21 bits per heavy atom. The highest BCUT2D eigenvalue weighted by Gasteiger charge is 2.21. The zero-order chi connectivity index (χ0) is 20.3. The van der Waals surface area contributed by atoms with Crippen LogP contribution in [0.5, 0.6) is 0 Å². The van der Waals surface area contributed by atoms with E-state index in [0.29, 0.717) is 16.0 Å². The van der Waals surface area contributed by atoms with E-state index >= 15 is 0 Å². The Labute approximate surface area is 173 Å². The topological polar surface area (TPSA) is 77.6 Å². The number of amides is 1. The minimum absolute atomic E-state index is 0.105. The SMILES string of the molecule is CC[C@H](C)n1nccc1NC(=O)[C@H](C)Sc1nnc(-c2ccc(Cl)cc2)n1C. The van der Waals surface area contributed by atoms with E-state index in [9.17, 15) is 4.79 Å². The van der Waals surface area contributed by atoms with Gasteiger partial charge in [0.25, 0.3) is 0 Å². The maximum Gasteiger partial charge on any atom is 0.238 e. The Bertz CT molecular complexity index is 952. The van der Waals surface area contributed by atoms with Gasteiger partial charge in [-0.3, -0.25) is 4.79 Å². The van der Waals surface area contributed by atoms with Crippen LogP contribution in [-0.4, -0.2) is 35.7 Å². The zero-order valence-electron chi connectivity index (χ0n) is 16.3. The van der Waals surface area contributed by atoms with Crippen LogP contribution in [0.25, 0.3) is 11.4 Å². The fourth-order valence-electron chi connectivity index (χ4n) is 2.64. The van der Waals surface area contributed by atoms with Gasteiger partial charge in [-0.15, -0.1) is 10.2 Å². The van der Waals surface area contributed by atoms with E-state index in [1.165, 1.54) is 11.8 Å². The summed E-state index contributed by atoms with van der Waals surface area (Å²) >= 11 is 7.31. The maximum atomic E-state index is 12.7. The molecule has 3 rings (SSSR count). The summed E-state index contributed by atoms with van der Waals surface area (Å²) < 4.78 is 3.71. The Morgan fingerprint density at radius 2 is 1.93 bits per heavy atom. The highest BCUT2D eigenvalue weighted by Crippen LogP contribution is 2.27. The van der Waals surface area contributed by atoms with E-state index in [1.807, 2.05) is 53.6 Å². The van der Waals surface area contributed by atoms with Crippen LogP contribution in [0.4, 0.5) is 5.82 Å². The minimum atomic E-state index is -0.346. The number of benzene rings is 1. The van der Waals surface area contributed by atoms with E-state index < -0.39 is 0 Å². The molecule has 9 heteroatoms. The van der Waals surface area contributed by atoms with Crippen molar-refractivity contribution in [1.29, 1.82) is 0 Å². The molecule has 1 aromatic carbocycles. The lowest BCUT2D eigenvalue weighted by Crippen LogP contribution is -2.25. The van der Waals surface area contributed by atoms with Crippen LogP contribution in [0.3, 0.4) is 0 Å². The molecule has 2 atom stereocenters. The molecule has 0 aliphatic carbocycles. The quantitative estimate of drug-likeness (QED) is 0.574. The number of hydrogen-bond donors (Lipinski definition) is 1. The number of hydrogen-bond acceptors (Lipinski definition) is 5. The van der Waals surface area contributed by atoms with Crippen molar-refractivity contribution < 1.29 is 4.79 Å². The molecule has 3 aromatic rings. The van der Waals surface area contributed by atoms with Crippen LogP contribution < -0.4 is 5.32 Å². The fraction of sp³-hybridized carbons (Fsp3) is 0.368. The number of carbonyl (C=O) groups is 1. The van der Waals surface area contributed by atoms with Crippen LogP contribution >= 0.6 is 23.4 Å². The first kappa shape index (κ1) is 20.4. The molecular formula is C19H23ClN6OS. The summed E-state index contributed by atoms with van der Waals surface area (Å²) in [5.74, 6) is 1.32. The number of aromatic nitrogens is 5. The molecule has 2 aromatic heterocycles. The second kappa shape index (κ2) is 8.79. The zero-order valence-corrected chi connectivity index (χ0v) is 17.8. The standard InChI is InChI=1S/C19H23ClN6OS/c1-5-12(2)26-16(10-11-21-26)22-18(27)13(3)28-19-24-23-17(25(19)4)14-6-8-15(20)9-7-14/h6-13H,5H2,1-4H3,(H,22,27)/t12-,13-/m0/s1. The highest BCUT2D eigenvalue weighted by molar-refractivity contribution is 8.00. The smallest absolute Gasteiger partial charge is 0.238 e. The molecule has 0 saturated heterocycles. The molecule has 0 fully saturated rings. The number of nitrogens with one attached hydrogen (secondary N) is 1. The van der Waals surface area contributed by atoms with Crippen molar-refractivity contribution in [2.45, 2.75) is 43.6 Å².